The molecule has 0 spiro atoms. The van der Waals surface area contributed by atoms with Gasteiger partial charge in [-0.05, 0) is 59.3 Å². The number of aliphatic carboxylic acids is 3. The Kier molecular flexibility index (Phi) is 20.0. The van der Waals surface area contributed by atoms with E-state index >= 15 is 0 Å². The Morgan fingerprint density at radius 2 is 0.892 bits per heavy atom. The van der Waals surface area contributed by atoms with Crippen LogP contribution in [0.1, 0.15) is 118 Å². The molecule has 0 amide bonds. The number of hydrogen-bond acceptors (Lipinski definition) is 3. The van der Waals surface area contributed by atoms with Crippen molar-refractivity contribution in [3.05, 3.63) is 12.2 Å². The summed E-state index contributed by atoms with van der Waals surface area (Å²) in [5.74, 6) is -4.83. The number of carboxylic acids is 3. The van der Waals surface area contributed by atoms with E-state index in [0.717, 1.165) is 38.5 Å². The normalized spacial score (nSPS) is 15.8. The summed E-state index contributed by atoms with van der Waals surface area (Å²) in [4.78, 5) is 34.8. The molecule has 3 atom stereocenters. The third-order valence-electron chi connectivity index (χ3n) is 7.39. The summed E-state index contributed by atoms with van der Waals surface area (Å²) in [6.07, 6.45) is 21.4. The number of carboxylic acid groups (broad SMARTS) is 3. The minimum atomic E-state index is -0.938. The number of rotatable bonds is 25. The molecule has 3 unspecified atom stereocenters. The zero-order valence-electron chi connectivity index (χ0n) is 24.1. The largest absolute Gasteiger partial charge is 0.481 e. The van der Waals surface area contributed by atoms with Gasteiger partial charge in [0.1, 0.15) is 17.8 Å². The maximum atomic E-state index is 11.6. The highest BCUT2D eigenvalue weighted by Crippen LogP contribution is 2.22. The lowest BCUT2D eigenvalue weighted by atomic mass is 10.0. The van der Waals surface area contributed by atoms with E-state index in [4.69, 9.17) is 0 Å². The molecule has 0 aromatic carbocycles. The maximum Gasteiger partial charge on any atom is 0.311 e. The van der Waals surface area contributed by atoms with Crippen molar-refractivity contribution in [1.82, 2.24) is 0 Å². The van der Waals surface area contributed by atoms with Crippen molar-refractivity contribution in [2.24, 2.45) is 17.8 Å². The average Bonchev–Trinajstić information content (AvgIpc) is 2.83. The molecule has 0 aliphatic heterocycles. The quantitative estimate of drug-likeness (QED) is 0.0670. The van der Waals surface area contributed by atoms with Crippen LogP contribution in [0.5, 0.6) is 0 Å². The van der Waals surface area contributed by atoms with Gasteiger partial charge in [0.15, 0.2) is 0 Å². The number of nitrogens with zero attached hydrogens (tertiary/aromatic N) is 1. The van der Waals surface area contributed by atoms with E-state index in [9.17, 15) is 29.7 Å². The molecule has 0 rings (SSSR count). The van der Waals surface area contributed by atoms with Crippen molar-refractivity contribution in [3.8, 4) is 0 Å². The van der Waals surface area contributed by atoms with Crippen molar-refractivity contribution in [2.75, 3.05) is 26.2 Å². The zero-order valence-corrected chi connectivity index (χ0v) is 24.1. The van der Waals surface area contributed by atoms with Gasteiger partial charge in [-0.15, -0.1) is 0 Å². The summed E-state index contributed by atoms with van der Waals surface area (Å²) in [7, 11) is 0. The molecule has 37 heavy (non-hydrogen) atoms. The molecule has 0 saturated carbocycles. The first-order chi connectivity index (χ1) is 17.5. The summed E-state index contributed by atoms with van der Waals surface area (Å²) in [6, 6.07) is 0. The summed E-state index contributed by atoms with van der Waals surface area (Å²) in [6.45, 7) is 8.42. The van der Waals surface area contributed by atoms with Crippen LogP contribution in [0.3, 0.4) is 0 Å². The van der Waals surface area contributed by atoms with Gasteiger partial charge in [0.05, 0.1) is 26.2 Å². The number of carbonyl (C=O) groups is 3. The van der Waals surface area contributed by atoms with Crippen LogP contribution in [-0.2, 0) is 14.4 Å². The fourth-order valence-corrected chi connectivity index (χ4v) is 5.17. The van der Waals surface area contributed by atoms with Gasteiger partial charge in [0.25, 0.3) is 0 Å². The number of unbranched alkanes of at least 4 members (excludes halogenated alkanes) is 12. The van der Waals surface area contributed by atoms with Crippen molar-refractivity contribution in [1.29, 1.82) is 0 Å². The molecule has 0 aliphatic carbocycles. The molecule has 0 aromatic rings. The monoisotopic (exact) mass is 526 g/mol. The summed E-state index contributed by atoms with van der Waals surface area (Å²) in [5, 5.41) is 28.5. The predicted octanol–water partition coefficient (Wildman–Crippen LogP) is 7.00. The first-order valence-electron chi connectivity index (χ1n) is 14.7. The number of quaternary nitrogens is 1. The van der Waals surface area contributed by atoms with Crippen LogP contribution in [0, 0.1) is 17.8 Å². The van der Waals surface area contributed by atoms with Crippen LogP contribution < -0.4 is 0 Å². The van der Waals surface area contributed by atoms with Crippen molar-refractivity contribution in [3.63, 3.8) is 0 Å². The molecule has 216 valence electrons. The Morgan fingerprint density at radius 1 is 0.568 bits per heavy atom. The molecule has 0 aromatic heterocycles. The minimum Gasteiger partial charge on any atom is -0.481 e. The van der Waals surface area contributed by atoms with E-state index in [1.807, 2.05) is 0 Å². The Bertz CT molecular complexity index is 607. The summed E-state index contributed by atoms with van der Waals surface area (Å²) >= 11 is 0. The smallest absolute Gasteiger partial charge is 0.311 e. The summed E-state index contributed by atoms with van der Waals surface area (Å²) < 4.78 is 0.215. The van der Waals surface area contributed by atoms with Crippen LogP contribution >= 0.6 is 0 Å². The van der Waals surface area contributed by atoms with Crippen LogP contribution in [-0.4, -0.2) is 63.9 Å². The average molecular weight is 527 g/mol. The van der Waals surface area contributed by atoms with Gasteiger partial charge in [0, 0.05) is 0 Å². The molecular weight excluding hydrogens is 470 g/mol. The molecule has 0 radical (unpaired) electrons. The fourth-order valence-electron chi connectivity index (χ4n) is 5.17. The van der Waals surface area contributed by atoms with Gasteiger partial charge in [-0.3, -0.25) is 14.4 Å². The highest BCUT2D eigenvalue weighted by Gasteiger charge is 2.38. The lowest BCUT2D eigenvalue weighted by molar-refractivity contribution is -0.934. The van der Waals surface area contributed by atoms with Gasteiger partial charge >= 0.3 is 17.9 Å². The molecular formula is C30H56NO6+. The fraction of sp³-hybridized carbons (Fsp3) is 0.833. The van der Waals surface area contributed by atoms with Crippen molar-refractivity contribution >= 4 is 17.9 Å². The van der Waals surface area contributed by atoms with Gasteiger partial charge in [0.2, 0.25) is 0 Å². The second-order valence-corrected chi connectivity index (χ2v) is 11.3. The molecule has 7 nitrogen and oxygen atoms in total. The van der Waals surface area contributed by atoms with Gasteiger partial charge < -0.3 is 19.8 Å². The number of hydrogen-bond donors (Lipinski definition) is 3. The van der Waals surface area contributed by atoms with E-state index < -0.39 is 35.7 Å². The predicted molar refractivity (Wildman–Crippen MR) is 150 cm³/mol. The van der Waals surface area contributed by atoms with Crippen LogP contribution in [0.2, 0.25) is 0 Å². The van der Waals surface area contributed by atoms with Crippen molar-refractivity contribution in [2.45, 2.75) is 118 Å². The first kappa shape index (κ1) is 35.1. The Balaban J connectivity index is 4.56. The Hall–Kier alpha value is -1.89. The second kappa shape index (κ2) is 21.1. The Morgan fingerprint density at radius 3 is 1.24 bits per heavy atom. The summed E-state index contributed by atoms with van der Waals surface area (Å²) in [5.41, 5.74) is 0. The van der Waals surface area contributed by atoms with Gasteiger partial charge in [-0.1, -0.05) is 70.4 Å². The van der Waals surface area contributed by atoms with Gasteiger partial charge in [-0.25, -0.2) is 0 Å². The molecule has 0 bridgehead atoms. The van der Waals surface area contributed by atoms with E-state index in [2.05, 4.69) is 19.1 Å². The minimum absolute atomic E-state index is 0.215. The van der Waals surface area contributed by atoms with Gasteiger partial charge in [-0.2, -0.15) is 0 Å². The second-order valence-electron chi connectivity index (χ2n) is 11.3. The third kappa shape index (κ3) is 18.1. The van der Waals surface area contributed by atoms with Crippen LogP contribution in [0.25, 0.3) is 0 Å². The molecule has 0 heterocycles. The first-order valence-corrected chi connectivity index (χ1v) is 14.7. The highest BCUT2D eigenvalue weighted by atomic mass is 16.4. The van der Waals surface area contributed by atoms with E-state index in [1.54, 1.807) is 20.8 Å². The standard InChI is InChI=1S/C30H55NO6/c1-5-6-7-8-9-10-11-12-13-14-15-16-17-18-19-20-21-31(22-25(2)28(32)33,23-26(3)29(34)35)24-27(4)30(36)37/h14-15,25-27H,5-13,16-24H2,1-4H3,(H2-,32,33,34,35,36,37)/p+1/b15-14+. The maximum absolute atomic E-state index is 11.6. The lowest BCUT2D eigenvalue weighted by Gasteiger charge is -2.42. The van der Waals surface area contributed by atoms with Crippen LogP contribution in [0.15, 0.2) is 12.2 Å². The topological polar surface area (TPSA) is 112 Å². The number of allylic oxidation sites excluding steroid dienone is 2. The van der Waals surface area contributed by atoms with E-state index in [0.29, 0.717) is 6.54 Å². The van der Waals surface area contributed by atoms with E-state index in [1.165, 1.54) is 51.4 Å². The molecule has 0 fully saturated rings. The SMILES string of the molecule is CCCCCCCCCC/C=C/CCCCCC[N+](CC(C)C(=O)O)(CC(C)C(=O)O)CC(C)C(=O)O. The molecule has 0 saturated heterocycles. The molecule has 3 N–H and O–H groups in total. The Labute approximate surface area is 225 Å². The molecule has 7 heteroatoms. The molecule has 0 aliphatic rings. The van der Waals surface area contributed by atoms with E-state index in [-0.39, 0.29) is 24.1 Å². The highest BCUT2D eigenvalue weighted by molar-refractivity contribution is 5.70. The zero-order chi connectivity index (χ0) is 28.1. The van der Waals surface area contributed by atoms with Crippen LogP contribution in [0.4, 0.5) is 0 Å². The van der Waals surface area contributed by atoms with Crippen molar-refractivity contribution < 1.29 is 34.2 Å². The third-order valence-corrected chi connectivity index (χ3v) is 7.39. The lowest BCUT2D eigenvalue weighted by Crippen LogP contribution is -2.57.